The average molecular weight is 627 g/mol. The number of aldehydes is 1. The first kappa shape index (κ1) is 35.5. The van der Waals surface area contributed by atoms with Gasteiger partial charge in [0.15, 0.2) is 6.29 Å². The molecule has 2 amide bonds. The Morgan fingerprint density at radius 3 is 2.44 bits per heavy atom. The summed E-state index contributed by atoms with van der Waals surface area (Å²) < 4.78 is 21.3. The van der Waals surface area contributed by atoms with Crippen LogP contribution >= 0.6 is 0 Å². The molecule has 1 aliphatic carbocycles. The third-order valence-corrected chi connectivity index (χ3v) is 7.89. The molecule has 0 saturated carbocycles. The van der Waals surface area contributed by atoms with Crippen molar-refractivity contribution in [2.75, 3.05) is 20.2 Å². The minimum atomic E-state index is -1.43. The molecule has 12 heteroatoms. The number of nitrogens with zero attached hydrogens (tertiary/aromatic N) is 3. The normalized spacial score (nSPS) is 13.8. The monoisotopic (exact) mass is 626 g/mol. The van der Waals surface area contributed by atoms with Crippen molar-refractivity contribution in [1.82, 2.24) is 14.5 Å². The SMILES string of the molecule is CC.CCC(=O)N(CC(N)=O)CC(C)O.COCc1c(C(O)C=O)cc2n(c1=O)Cc1c-2nc2cc(F)c(C)c3c2c1CCC3. The summed E-state index contributed by atoms with van der Waals surface area (Å²) in [6.45, 7) is 9.43. The van der Waals surface area contributed by atoms with Crippen LogP contribution in [-0.2, 0) is 45.1 Å². The summed E-state index contributed by atoms with van der Waals surface area (Å²) in [6.07, 6.45) is 1.20. The maximum atomic E-state index is 14.5. The van der Waals surface area contributed by atoms with E-state index in [2.05, 4.69) is 0 Å². The van der Waals surface area contributed by atoms with Crippen LogP contribution in [0.1, 0.15) is 80.0 Å². The molecule has 2 unspecified atom stereocenters. The number of pyridine rings is 2. The molecule has 1 aromatic carbocycles. The second kappa shape index (κ2) is 15.3. The Labute approximate surface area is 261 Å². The number of fused-ring (bicyclic) bond motifs is 4. The van der Waals surface area contributed by atoms with Crippen LogP contribution in [0.4, 0.5) is 4.39 Å². The molecule has 45 heavy (non-hydrogen) atoms. The van der Waals surface area contributed by atoms with Crippen molar-refractivity contribution < 1.29 is 33.7 Å². The maximum Gasteiger partial charge on any atom is 0.257 e. The van der Waals surface area contributed by atoms with Gasteiger partial charge in [0.1, 0.15) is 11.9 Å². The Hall–Kier alpha value is -4.00. The highest BCUT2D eigenvalue weighted by Crippen LogP contribution is 2.41. The largest absolute Gasteiger partial charge is 0.392 e. The first-order valence-electron chi connectivity index (χ1n) is 15.2. The van der Waals surface area contributed by atoms with Crippen LogP contribution < -0.4 is 11.3 Å². The smallest absolute Gasteiger partial charge is 0.257 e. The van der Waals surface area contributed by atoms with Gasteiger partial charge < -0.3 is 34.9 Å². The van der Waals surface area contributed by atoms with E-state index in [0.717, 1.165) is 41.3 Å². The molecule has 11 nitrogen and oxygen atoms in total. The van der Waals surface area contributed by atoms with Crippen LogP contribution in [0.3, 0.4) is 0 Å². The molecule has 244 valence electrons. The highest BCUT2D eigenvalue weighted by atomic mass is 19.1. The van der Waals surface area contributed by atoms with E-state index in [-0.39, 0.29) is 48.1 Å². The van der Waals surface area contributed by atoms with Crippen molar-refractivity contribution in [2.45, 2.75) is 85.7 Å². The quantitative estimate of drug-likeness (QED) is 0.239. The van der Waals surface area contributed by atoms with Gasteiger partial charge in [-0.05, 0) is 55.9 Å². The van der Waals surface area contributed by atoms with Gasteiger partial charge in [0.05, 0.1) is 42.7 Å². The van der Waals surface area contributed by atoms with Crippen LogP contribution in [0.15, 0.2) is 16.9 Å². The number of methoxy groups -OCH3 is 1. The Kier molecular flexibility index (Phi) is 12.1. The first-order chi connectivity index (χ1) is 21.4. The number of primary amides is 1. The lowest BCUT2D eigenvalue weighted by molar-refractivity contribution is -0.136. The lowest BCUT2D eigenvalue weighted by atomic mass is 9.85. The number of aryl methyl sites for hydroxylation is 2. The molecule has 0 fully saturated rings. The Morgan fingerprint density at radius 2 is 1.87 bits per heavy atom. The first-order valence-corrected chi connectivity index (χ1v) is 15.2. The van der Waals surface area contributed by atoms with Gasteiger partial charge in [-0.15, -0.1) is 0 Å². The molecule has 0 saturated heterocycles. The Morgan fingerprint density at radius 1 is 1.20 bits per heavy atom. The van der Waals surface area contributed by atoms with Gasteiger partial charge >= 0.3 is 0 Å². The summed E-state index contributed by atoms with van der Waals surface area (Å²) in [5.41, 5.74) is 10.6. The lowest BCUT2D eigenvalue weighted by Crippen LogP contribution is -2.41. The summed E-state index contributed by atoms with van der Waals surface area (Å²) in [5.74, 6) is -1.03. The van der Waals surface area contributed by atoms with Gasteiger partial charge in [0, 0.05) is 48.2 Å². The fourth-order valence-corrected chi connectivity index (χ4v) is 5.94. The van der Waals surface area contributed by atoms with E-state index >= 15 is 0 Å². The highest BCUT2D eigenvalue weighted by molar-refractivity contribution is 5.92. The van der Waals surface area contributed by atoms with Crippen molar-refractivity contribution in [3.63, 3.8) is 0 Å². The predicted octanol–water partition coefficient (Wildman–Crippen LogP) is 2.86. The molecule has 4 N–H and O–H groups in total. The molecule has 0 spiro atoms. The van der Waals surface area contributed by atoms with Gasteiger partial charge in [-0.2, -0.15) is 0 Å². The summed E-state index contributed by atoms with van der Waals surface area (Å²) >= 11 is 0. The van der Waals surface area contributed by atoms with Crippen LogP contribution in [0, 0.1) is 12.7 Å². The summed E-state index contributed by atoms with van der Waals surface area (Å²) in [6, 6.07) is 3.10. The number of hydrogen-bond donors (Lipinski definition) is 3. The second-order valence-corrected chi connectivity index (χ2v) is 10.9. The molecule has 2 aliphatic rings. The topological polar surface area (TPSA) is 165 Å². The lowest BCUT2D eigenvalue weighted by Gasteiger charge is -2.21. The minimum Gasteiger partial charge on any atom is -0.392 e. The van der Waals surface area contributed by atoms with Crippen LogP contribution in [0.25, 0.3) is 22.3 Å². The van der Waals surface area contributed by atoms with Crippen molar-refractivity contribution in [3.05, 3.63) is 61.7 Å². The second-order valence-electron chi connectivity index (χ2n) is 10.9. The van der Waals surface area contributed by atoms with E-state index < -0.39 is 18.1 Å². The highest BCUT2D eigenvalue weighted by Gasteiger charge is 2.31. The molecule has 1 aliphatic heterocycles. The fraction of sp³-hybridized carbons (Fsp3) is 0.485. The zero-order valence-corrected chi connectivity index (χ0v) is 26.8. The number of carbonyl (C=O) groups excluding carboxylic acids is 3. The summed E-state index contributed by atoms with van der Waals surface area (Å²) in [5, 5.41) is 20.2. The number of aliphatic hydroxyl groups excluding tert-OH is 2. The standard InChI is InChI=1S/C23H21FN2O4.C8H16N2O3.C2H6/c1-11-12-4-3-5-13-15-8-26-19(22(15)25-18(21(12)13)7-17(11)24)6-14(20(28)9-27)16(10-30-2)23(26)29;1-3-8(13)10(4-6(2)11)5-7(9)12;1-2/h6-7,9,20,28H,3-5,8,10H2,1-2H3;6,11H,3-5H2,1-2H3,(H2,9,12);1-2H3. The average Bonchev–Trinajstić information content (AvgIpc) is 3.39. The zero-order valence-electron chi connectivity index (χ0n) is 26.8. The van der Waals surface area contributed by atoms with Crippen LogP contribution in [0.5, 0.6) is 0 Å². The van der Waals surface area contributed by atoms with Crippen LogP contribution in [0.2, 0.25) is 0 Å². The molecular weight excluding hydrogens is 583 g/mol. The fourth-order valence-electron chi connectivity index (χ4n) is 5.94. The van der Waals surface area contributed by atoms with Gasteiger partial charge in [0.25, 0.3) is 5.56 Å². The zero-order chi connectivity index (χ0) is 33.6. The molecule has 5 rings (SSSR count). The number of carbonyl (C=O) groups is 3. The van der Waals surface area contributed by atoms with E-state index in [1.807, 2.05) is 13.8 Å². The minimum absolute atomic E-state index is 0.00743. The summed E-state index contributed by atoms with van der Waals surface area (Å²) in [4.78, 5) is 52.2. The molecule has 0 radical (unpaired) electrons. The van der Waals surface area contributed by atoms with Gasteiger partial charge in [0.2, 0.25) is 11.8 Å². The maximum absolute atomic E-state index is 14.5. The number of hydrogen-bond acceptors (Lipinski definition) is 8. The number of nitrogens with two attached hydrogens (primary N) is 1. The van der Waals surface area contributed by atoms with E-state index in [0.29, 0.717) is 41.7 Å². The molecular formula is C33H43FN4O7. The molecule has 2 aromatic heterocycles. The number of rotatable bonds is 9. The van der Waals surface area contributed by atoms with E-state index in [9.17, 15) is 28.7 Å². The van der Waals surface area contributed by atoms with Gasteiger partial charge in [-0.1, -0.05) is 20.8 Å². The van der Waals surface area contributed by atoms with Gasteiger partial charge in [-0.25, -0.2) is 9.37 Å². The predicted molar refractivity (Wildman–Crippen MR) is 168 cm³/mol. The van der Waals surface area contributed by atoms with E-state index in [1.165, 1.54) is 18.1 Å². The number of aliphatic hydroxyl groups is 2. The summed E-state index contributed by atoms with van der Waals surface area (Å²) in [7, 11) is 1.46. The van der Waals surface area contributed by atoms with E-state index in [4.69, 9.17) is 20.6 Å². The van der Waals surface area contributed by atoms with Crippen molar-refractivity contribution in [1.29, 1.82) is 0 Å². The molecule has 2 atom stereocenters. The molecule has 0 bridgehead atoms. The molecule has 3 aromatic rings. The van der Waals surface area contributed by atoms with E-state index in [1.54, 1.807) is 31.4 Å². The number of aromatic nitrogens is 2. The Bertz CT molecular complexity index is 1650. The number of benzene rings is 1. The van der Waals surface area contributed by atoms with Crippen LogP contribution in [-0.4, -0.2) is 69.1 Å². The third-order valence-electron chi connectivity index (χ3n) is 7.89. The number of amides is 2. The number of ether oxygens (including phenoxy) is 1. The third kappa shape index (κ3) is 7.29. The van der Waals surface area contributed by atoms with Crippen molar-refractivity contribution >= 4 is 29.0 Å². The van der Waals surface area contributed by atoms with Crippen molar-refractivity contribution in [3.8, 4) is 11.4 Å². The number of halogens is 1. The Balaban J connectivity index is 0.000000313. The van der Waals surface area contributed by atoms with Gasteiger partial charge in [-0.3, -0.25) is 14.4 Å². The molecule has 3 heterocycles. The van der Waals surface area contributed by atoms with Crippen molar-refractivity contribution in [2.24, 2.45) is 5.73 Å².